The van der Waals surface area contributed by atoms with Crippen LogP contribution in [0.1, 0.15) is 83.5 Å². The number of hydrogen-bond donors (Lipinski definition) is 0. The number of aromatic nitrogens is 1. The fraction of sp³-hybridized carbons (Fsp3) is 0.447. The number of pyridine rings is 1. The second-order valence-electron chi connectivity index (χ2n) is 12.1. The second-order valence-corrected chi connectivity index (χ2v) is 22.8. The molecule has 0 fully saturated rings. The molecule has 1 aromatic heterocycles. The molecule has 0 unspecified atom stereocenters. The molecule has 0 saturated carbocycles. The topological polar surface area (TPSA) is 37.6 Å². The van der Waals surface area contributed by atoms with Gasteiger partial charge in [0, 0.05) is 0 Å². The fourth-order valence-electron chi connectivity index (χ4n) is 4.54. The molecule has 3 rings (SSSR count). The molecule has 0 bridgehead atoms. The molecular formula is C38H58ClFeN3Si2. The largest absolute Gasteiger partial charge is 2.00 e. The number of halogens is 1. The van der Waals surface area contributed by atoms with Gasteiger partial charge in [-0.05, 0) is 75.6 Å². The van der Waals surface area contributed by atoms with Crippen LogP contribution in [-0.2, 0) is 17.1 Å². The summed E-state index contributed by atoms with van der Waals surface area (Å²) in [6.07, 6.45) is 0. The molecule has 0 saturated heterocycles. The maximum absolute atomic E-state index is 6.41. The second kappa shape index (κ2) is 21.1. The molecule has 45 heavy (non-hydrogen) atoms. The van der Waals surface area contributed by atoms with Crippen molar-refractivity contribution in [3.05, 3.63) is 101 Å². The zero-order valence-electron chi connectivity index (χ0n) is 29.9. The molecule has 7 heteroatoms. The molecule has 1 heterocycles. The first kappa shape index (κ1) is 43.2. The first-order chi connectivity index (χ1) is 20.7. The minimum absolute atomic E-state index is 0. The third-order valence-electron chi connectivity index (χ3n) is 9.07. The molecule has 248 valence electrons. The van der Waals surface area contributed by atoms with Crippen LogP contribution in [0.2, 0.25) is 41.3 Å². The molecule has 3 aromatic rings. The van der Waals surface area contributed by atoms with Gasteiger partial charge in [-0.15, -0.1) is 0 Å². The van der Waals surface area contributed by atoms with Gasteiger partial charge < -0.3 is 13.1 Å². The molecule has 0 aliphatic carbocycles. The van der Waals surface area contributed by atoms with E-state index in [4.69, 9.17) is 26.6 Å². The van der Waals surface area contributed by atoms with Crippen molar-refractivity contribution in [2.45, 2.75) is 112 Å². The van der Waals surface area contributed by atoms with E-state index in [1.54, 1.807) is 0 Å². The maximum atomic E-state index is 6.41. The molecule has 0 radical (unpaired) electrons. The predicted molar refractivity (Wildman–Crippen MR) is 205 cm³/mol. The SMILES string of the molecule is CC(=Nc1ccccc1C)c1cccc(C(C)=Nc2c(C)cc(C)cc2Cl)n1.[CH2-][Si](CC)(CC)CC.[CH2-][Si](CC)(CC)CC.[Fe+2]. The average molecular weight is 704 g/mol. The van der Waals surface area contributed by atoms with Crippen LogP contribution >= 0.6 is 11.6 Å². The van der Waals surface area contributed by atoms with Crippen LogP contribution in [0.5, 0.6) is 0 Å². The van der Waals surface area contributed by atoms with Crippen LogP contribution in [-0.4, -0.2) is 32.6 Å². The monoisotopic (exact) mass is 703 g/mol. The van der Waals surface area contributed by atoms with Gasteiger partial charge in [-0.25, -0.2) is 9.98 Å². The summed E-state index contributed by atoms with van der Waals surface area (Å²) in [6.45, 7) is 32.2. The summed E-state index contributed by atoms with van der Waals surface area (Å²) in [5.41, 5.74) is 8.41. The summed E-state index contributed by atoms with van der Waals surface area (Å²) in [5.74, 6) is 0. The quantitative estimate of drug-likeness (QED) is 0.118. The van der Waals surface area contributed by atoms with E-state index in [0.29, 0.717) is 5.02 Å². The van der Waals surface area contributed by atoms with Crippen molar-refractivity contribution in [1.29, 1.82) is 0 Å². The number of aryl methyl sites for hydroxylation is 3. The van der Waals surface area contributed by atoms with Gasteiger partial charge in [0.1, 0.15) is 0 Å². The molecule has 3 nitrogen and oxygen atoms in total. The van der Waals surface area contributed by atoms with E-state index >= 15 is 0 Å². The fourth-order valence-corrected chi connectivity index (χ4v) is 7.90. The Bertz CT molecular complexity index is 1320. The van der Waals surface area contributed by atoms with Crippen molar-refractivity contribution in [3.8, 4) is 0 Å². The van der Waals surface area contributed by atoms with E-state index in [1.165, 1.54) is 36.3 Å². The van der Waals surface area contributed by atoms with Gasteiger partial charge in [0.15, 0.2) is 0 Å². The summed E-state index contributed by atoms with van der Waals surface area (Å²) in [5, 5.41) is 0.658. The van der Waals surface area contributed by atoms with E-state index in [1.807, 2.05) is 70.2 Å². The Morgan fingerprint density at radius 1 is 0.667 bits per heavy atom. The normalized spacial score (nSPS) is 12.0. The van der Waals surface area contributed by atoms with Crippen molar-refractivity contribution in [2.75, 3.05) is 0 Å². The standard InChI is InChI=1S/C24H24ClN3.2C7H17Si.Fe/c1-15-13-17(3)24(20(25)14-15)27-19(5)23-12-8-11-22(28-23)18(4)26-21-10-7-6-9-16(21)2;2*1-5-8(4,6-2)7-3;/h6-14H,1-5H3;2*4-7H2,1-3H3;/q;2*-1;+2. The van der Waals surface area contributed by atoms with E-state index in [2.05, 4.69) is 73.7 Å². The molecule has 0 atom stereocenters. The number of rotatable bonds is 10. The minimum Gasteiger partial charge on any atom is -0.342 e. The van der Waals surface area contributed by atoms with Crippen LogP contribution in [0.15, 0.2) is 64.6 Å². The molecule has 0 N–H and O–H groups in total. The summed E-state index contributed by atoms with van der Waals surface area (Å²) in [4.78, 5) is 14.3. The van der Waals surface area contributed by atoms with Gasteiger partial charge in [0.2, 0.25) is 0 Å². The molecule has 0 aliphatic rings. The Hall–Kier alpha value is -1.83. The van der Waals surface area contributed by atoms with Crippen molar-refractivity contribution >= 4 is 50.5 Å². The Kier molecular flexibility index (Phi) is 20.3. The number of benzene rings is 2. The Morgan fingerprint density at radius 2 is 1.11 bits per heavy atom. The number of hydrogen-bond acceptors (Lipinski definition) is 3. The van der Waals surface area contributed by atoms with Crippen LogP contribution in [0.3, 0.4) is 0 Å². The number of aliphatic imine (C=N–C) groups is 2. The maximum Gasteiger partial charge on any atom is 2.00 e. The van der Waals surface area contributed by atoms with Crippen LogP contribution < -0.4 is 0 Å². The predicted octanol–water partition coefficient (Wildman–Crippen LogP) is 12.7. The van der Waals surface area contributed by atoms with Crippen molar-refractivity contribution in [3.63, 3.8) is 0 Å². The first-order valence-electron chi connectivity index (χ1n) is 16.3. The summed E-state index contributed by atoms with van der Waals surface area (Å²) in [6, 6.07) is 26.1. The molecule has 2 aromatic carbocycles. The van der Waals surface area contributed by atoms with Gasteiger partial charge in [0.05, 0.1) is 39.2 Å². The van der Waals surface area contributed by atoms with Gasteiger partial charge in [0.25, 0.3) is 0 Å². The zero-order chi connectivity index (χ0) is 33.5. The average Bonchev–Trinajstić information content (AvgIpc) is 3.03. The van der Waals surface area contributed by atoms with Crippen LogP contribution in [0.4, 0.5) is 11.4 Å². The summed E-state index contributed by atoms with van der Waals surface area (Å²) < 4.78 is 0. The number of nitrogens with zero attached hydrogens (tertiary/aromatic N) is 3. The van der Waals surface area contributed by atoms with Crippen molar-refractivity contribution < 1.29 is 17.1 Å². The van der Waals surface area contributed by atoms with Crippen LogP contribution in [0, 0.1) is 33.9 Å². The van der Waals surface area contributed by atoms with Crippen molar-refractivity contribution in [2.24, 2.45) is 9.98 Å². The van der Waals surface area contributed by atoms with Crippen molar-refractivity contribution in [1.82, 2.24) is 4.98 Å². The van der Waals surface area contributed by atoms with E-state index in [-0.39, 0.29) is 17.1 Å². The van der Waals surface area contributed by atoms with E-state index in [0.717, 1.165) is 50.9 Å². The van der Waals surface area contributed by atoms with E-state index in [9.17, 15) is 0 Å². The summed E-state index contributed by atoms with van der Waals surface area (Å²) >= 11 is 6.41. The Morgan fingerprint density at radius 3 is 1.51 bits per heavy atom. The first-order valence-corrected chi connectivity index (χ1v) is 22.4. The summed E-state index contributed by atoms with van der Waals surface area (Å²) in [7, 11) is -1.84. The minimum atomic E-state index is -0.921. The van der Waals surface area contributed by atoms with Crippen LogP contribution in [0.25, 0.3) is 0 Å². The smallest absolute Gasteiger partial charge is 0.342 e. The Labute approximate surface area is 294 Å². The molecular weight excluding hydrogens is 646 g/mol. The Balaban J connectivity index is 0.000000943. The molecule has 0 aliphatic heterocycles. The molecule has 0 amide bonds. The van der Waals surface area contributed by atoms with E-state index < -0.39 is 16.1 Å². The number of para-hydroxylation sites is 1. The van der Waals surface area contributed by atoms with Gasteiger partial charge in [-0.1, -0.05) is 136 Å². The van der Waals surface area contributed by atoms with Gasteiger partial charge >= 0.3 is 17.1 Å². The zero-order valence-corrected chi connectivity index (χ0v) is 33.8. The third kappa shape index (κ3) is 14.2. The molecule has 0 spiro atoms. The van der Waals surface area contributed by atoms with Gasteiger partial charge in [-0.2, -0.15) is 0 Å². The van der Waals surface area contributed by atoms with Gasteiger partial charge in [-0.3, -0.25) is 4.99 Å². The third-order valence-corrected chi connectivity index (χ3v) is 18.4.